The van der Waals surface area contributed by atoms with Gasteiger partial charge in [0.2, 0.25) is 11.1 Å². The maximum absolute atomic E-state index is 12.4. The summed E-state index contributed by atoms with van der Waals surface area (Å²) in [5.74, 6) is 7.40. The number of ether oxygens (including phenoxy) is 1. The zero-order valence-electron chi connectivity index (χ0n) is 16.4. The molecular weight excluding hydrogens is 458 g/mol. The molecule has 2 heterocycles. The molecule has 0 radical (unpaired) electrons. The van der Waals surface area contributed by atoms with Crippen LogP contribution in [0.25, 0.3) is 5.95 Å². The van der Waals surface area contributed by atoms with Gasteiger partial charge in [0.05, 0.1) is 18.0 Å². The molecule has 154 valence electrons. The van der Waals surface area contributed by atoms with E-state index >= 15 is 0 Å². The van der Waals surface area contributed by atoms with E-state index in [-0.39, 0.29) is 11.7 Å². The van der Waals surface area contributed by atoms with Crippen molar-refractivity contribution in [2.24, 2.45) is 0 Å². The van der Waals surface area contributed by atoms with Gasteiger partial charge in [0.1, 0.15) is 12.4 Å². The number of hydrogen-bond acceptors (Lipinski definition) is 7. The van der Waals surface area contributed by atoms with Crippen LogP contribution in [0.5, 0.6) is 5.75 Å². The molecule has 11 heteroatoms. The second-order valence-electron chi connectivity index (χ2n) is 6.40. The number of rotatable bonds is 8. The highest BCUT2D eigenvalue weighted by molar-refractivity contribution is 9.10. The molecule has 0 bridgehead atoms. The number of halogens is 1. The van der Waals surface area contributed by atoms with Crippen LogP contribution in [-0.2, 0) is 4.79 Å². The Kier molecular flexibility index (Phi) is 6.80. The van der Waals surface area contributed by atoms with Crippen molar-refractivity contribution in [1.82, 2.24) is 29.6 Å². The molecule has 0 aliphatic rings. The van der Waals surface area contributed by atoms with Gasteiger partial charge in [0, 0.05) is 17.2 Å². The fourth-order valence-electron chi connectivity index (χ4n) is 2.54. The van der Waals surface area contributed by atoms with Gasteiger partial charge in [0.15, 0.2) is 0 Å². The summed E-state index contributed by atoms with van der Waals surface area (Å²) in [5.41, 5.74) is 1.77. The third-order valence-corrected chi connectivity index (χ3v) is 5.56. The normalized spacial score (nSPS) is 10.9. The number of aryl methyl sites for hydroxylation is 2. The molecular formula is C18H22BrN7O2S. The summed E-state index contributed by atoms with van der Waals surface area (Å²) in [6, 6.07) is 9.48. The first-order chi connectivity index (χ1) is 13.8. The number of nitrogens with zero attached hydrogens (tertiary/aromatic N) is 6. The molecule has 1 aromatic carbocycles. The maximum Gasteiger partial charge on any atom is 0.271 e. The van der Waals surface area contributed by atoms with Crippen molar-refractivity contribution >= 4 is 33.6 Å². The smallest absolute Gasteiger partial charge is 0.271 e. The number of nitrogen functional groups attached to an aromatic ring is 1. The Morgan fingerprint density at radius 1 is 1.28 bits per heavy atom. The molecule has 0 spiro atoms. The summed E-state index contributed by atoms with van der Waals surface area (Å²) in [6.45, 7) is 4.69. The fourth-order valence-corrected chi connectivity index (χ4v) is 3.59. The van der Waals surface area contributed by atoms with Crippen molar-refractivity contribution in [2.45, 2.75) is 19.0 Å². The Hall–Kier alpha value is -2.53. The second-order valence-corrected chi connectivity index (χ2v) is 8.26. The average Bonchev–Trinajstić information content (AvgIpc) is 3.22. The van der Waals surface area contributed by atoms with E-state index in [2.05, 4.69) is 31.2 Å². The summed E-state index contributed by atoms with van der Waals surface area (Å²) in [7, 11) is 1.74. The van der Waals surface area contributed by atoms with Crippen LogP contribution in [0.1, 0.15) is 11.4 Å². The Morgan fingerprint density at radius 2 is 2.00 bits per heavy atom. The largest absolute Gasteiger partial charge is 0.492 e. The highest BCUT2D eigenvalue weighted by atomic mass is 79.9. The summed E-state index contributed by atoms with van der Waals surface area (Å²) in [6.07, 6.45) is 0. The first-order valence-corrected chi connectivity index (χ1v) is 10.6. The first kappa shape index (κ1) is 21.2. The predicted molar refractivity (Wildman–Crippen MR) is 115 cm³/mol. The lowest BCUT2D eigenvalue weighted by Crippen LogP contribution is -2.32. The van der Waals surface area contributed by atoms with Crippen LogP contribution in [0.4, 0.5) is 0 Å². The van der Waals surface area contributed by atoms with Crippen LogP contribution >= 0.6 is 27.7 Å². The molecule has 9 nitrogen and oxygen atoms in total. The monoisotopic (exact) mass is 479 g/mol. The minimum Gasteiger partial charge on any atom is -0.492 e. The number of hydrogen-bond donors (Lipinski definition) is 1. The van der Waals surface area contributed by atoms with Crippen molar-refractivity contribution in [3.05, 3.63) is 46.2 Å². The van der Waals surface area contributed by atoms with Gasteiger partial charge in [-0.2, -0.15) is 5.10 Å². The third-order valence-electron chi connectivity index (χ3n) is 4.11. The van der Waals surface area contributed by atoms with E-state index in [1.165, 1.54) is 16.4 Å². The number of carbonyl (C=O) groups is 1. The Balaban J connectivity index is 1.50. The van der Waals surface area contributed by atoms with Crippen LogP contribution in [0.2, 0.25) is 0 Å². The molecule has 3 rings (SSSR count). The number of benzene rings is 1. The van der Waals surface area contributed by atoms with Crippen molar-refractivity contribution < 1.29 is 9.53 Å². The SMILES string of the molecule is Cc1cc(C)n(-c2nnc(SCC(=O)N(C)CCOc3ccc(Br)cc3)n2N)n1. The van der Waals surface area contributed by atoms with E-state index in [9.17, 15) is 4.79 Å². The zero-order chi connectivity index (χ0) is 21.0. The summed E-state index contributed by atoms with van der Waals surface area (Å²) >= 11 is 4.61. The van der Waals surface area contributed by atoms with E-state index in [1.54, 1.807) is 16.6 Å². The predicted octanol–water partition coefficient (Wildman–Crippen LogP) is 2.19. The number of nitrogens with two attached hydrogens (primary N) is 1. The van der Waals surface area contributed by atoms with Crippen LogP contribution in [0, 0.1) is 13.8 Å². The van der Waals surface area contributed by atoms with Crippen LogP contribution in [0.15, 0.2) is 40.0 Å². The molecule has 1 amide bonds. The van der Waals surface area contributed by atoms with Gasteiger partial charge in [-0.25, -0.2) is 9.36 Å². The molecule has 0 aliphatic carbocycles. The van der Waals surface area contributed by atoms with E-state index in [1.807, 2.05) is 44.2 Å². The minimum atomic E-state index is -0.0509. The van der Waals surface area contributed by atoms with Gasteiger partial charge in [-0.15, -0.1) is 10.2 Å². The first-order valence-electron chi connectivity index (χ1n) is 8.84. The molecule has 2 aromatic heterocycles. The Bertz CT molecular complexity index is 987. The topological polar surface area (TPSA) is 104 Å². The van der Waals surface area contributed by atoms with Crippen LogP contribution in [-0.4, -0.2) is 61.4 Å². The van der Waals surface area contributed by atoms with Gasteiger partial charge in [-0.3, -0.25) is 4.79 Å². The van der Waals surface area contributed by atoms with Crippen molar-refractivity contribution in [3.8, 4) is 11.7 Å². The van der Waals surface area contributed by atoms with Crippen molar-refractivity contribution in [1.29, 1.82) is 0 Å². The number of amides is 1. The standard InChI is InChI=1S/C18H22BrN7O2S/c1-12-10-13(2)26(23-12)17-21-22-18(25(17)20)29-11-16(27)24(3)8-9-28-15-6-4-14(19)5-7-15/h4-7,10H,8-9,11,20H2,1-3H3. The average molecular weight is 480 g/mol. The Labute approximate surface area is 181 Å². The molecule has 0 unspecified atom stereocenters. The van der Waals surface area contributed by atoms with Gasteiger partial charge in [-0.05, 0) is 44.2 Å². The van der Waals surface area contributed by atoms with Gasteiger partial charge in [0.25, 0.3) is 5.95 Å². The van der Waals surface area contributed by atoms with Gasteiger partial charge >= 0.3 is 0 Å². The lowest BCUT2D eigenvalue weighted by molar-refractivity contribution is -0.127. The van der Waals surface area contributed by atoms with Crippen LogP contribution < -0.4 is 10.6 Å². The zero-order valence-corrected chi connectivity index (χ0v) is 18.8. The Morgan fingerprint density at radius 3 is 2.66 bits per heavy atom. The second kappa shape index (κ2) is 9.31. The summed E-state index contributed by atoms with van der Waals surface area (Å²) in [4.78, 5) is 14.0. The number of aromatic nitrogens is 5. The molecule has 0 atom stereocenters. The van der Waals surface area contributed by atoms with E-state index in [0.29, 0.717) is 24.3 Å². The van der Waals surface area contributed by atoms with Crippen molar-refractivity contribution in [3.63, 3.8) is 0 Å². The van der Waals surface area contributed by atoms with Crippen molar-refractivity contribution in [2.75, 3.05) is 31.8 Å². The summed E-state index contributed by atoms with van der Waals surface area (Å²) < 4.78 is 9.61. The highest BCUT2D eigenvalue weighted by Gasteiger charge is 2.17. The lowest BCUT2D eigenvalue weighted by atomic mass is 10.3. The molecule has 0 saturated carbocycles. The molecule has 0 fully saturated rings. The molecule has 0 saturated heterocycles. The minimum absolute atomic E-state index is 0.0509. The summed E-state index contributed by atoms with van der Waals surface area (Å²) in [5, 5.41) is 13.0. The quantitative estimate of drug-likeness (QED) is 0.389. The number of thioether (sulfide) groups is 1. The van der Waals surface area contributed by atoms with E-state index in [0.717, 1.165) is 21.6 Å². The van der Waals surface area contributed by atoms with Crippen LogP contribution in [0.3, 0.4) is 0 Å². The third kappa shape index (κ3) is 5.30. The highest BCUT2D eigenvalue weighted by Crippen LogP contribution is 2.18. The molecule has 3 aromatic rings. The number of likely N-dealkylation sites (N-methyl/N-ethyl adjacent to an activating group) is 1. The molecule has 0 aliphatic heterocycles. The molecule has 2 N–H and O–H groups in total. The molecule has 29 heavy (non-hydrogen) atoms. The lowest BCUT2D eigenvalue weighted by Gasteiger charge is -2.17. The maximum atomic E-state index is 12.4. The van der Waals surface area contributed by atoms with Gasteiger partial charge < -0.3 is 15.5 Å². The fraction of sp³-hybridized carbons (Fsp3) is 0.333. The van der Waals surface area contributed by atoms with Gasteiger partial charge in [-0.1, -0.05) is 27.7 Å². The number of carbonyl (C=O) groups excluding carboxylic acids is 1. The van der Waals surface area contributed by atoms with E-state index in [4.69, 9.17) is 10.6 Å². The van der Waals surface area contributed by atoms with E-state index < -0.39 is 0 Å².